The molecule has 0 radical (unpaired) electrons. The van der Waals surface area contributed by atoms with Crippen LogP contribution in [0.5, 0.6) is 0 Å². The normalized spacial score (nSPS) is 12.4. The smallest absolute Gasteiger partial charge is 0.192 e. The average molecular weight is 246 g/mol. The molecule has 0 fully saturated rings. The summed E-state index contributed by atoms with van der Waals surface area (Å²) in [4.78, 5) is 9.48. The number of aryl methyl sites for hydroxylation is 1. The number of aliphatic hydroxyl groups excluding tert-OH is 1. The number of hydrogen-bond donors (Lipinski definition) is 1. The van der Waals surface area contributed by atoms with Crippen LogP contribution in [0, 0.1) is 6.92 Å². The molecule has 0 aliphatic carbocycles. The summed E-state index contributed by atoms with van der Waals surface area (Å²) in [7, 11) is 0. The van der Waals surface area contributed by atoms with Crippen molar-refractivity contribution in [3.63, 3.8) is 0 Å². The molecule has 1 heterocycles. The van der Waals surface area contributed by atoms with Crippen LogP contribution in [0.3, 0.4) is 0 Å². The third kappa shape index (κ3) is 3.05. The molecule has 0 aliphatic heterocycles. The van der Waals surface area contributed by atoms with Gasteiger partial charge in [0.1, 0.15) is 0 Å². The molecule has 0 bridgehead atoms. The highest BCUT2D eigenvalue weighted by molar-refractivity contribution is 7.99. The number of benzene rings is 1. The number of hydrogen-bond acceptors (Lipinski definition) is 4. The molecular weight excluding hydrogens is 232 g/mol. The van der Waals surface area contributed by atoms with Crippen molar-refractivity contribution >= 4 is 11.8 Å². The van der Waals surface area contributed by atoms with Gasteiger partial charge in [-0.05, 0) is 42.8 Å². The quantitative estimate of drug-likeness (QED) is 0.846. The molecule has 88 valence electrons. The SMILES string of the molecule is Cc1cnc(Sc2ccccc2[C@H](C)O)nc1. The van der Waals surface area contributed by atoms with Crippen molar-refractivity contribution in [3.05, 3.63) is 47.8 Å². The third-order valence-electron chi connectivity index (χ3n) is 2.33. The number of aromatic nitrogens is 2. The summed E-state index contributed by atoms with van der Waals surface area (Å²) in [6.45, 7) is 3.72. The van der Waals surface area contributed by atoms with Gasteiger partial charge >= 0.3 is 0 Å². The lowest BCUT2D eigenvalue weighted by Crippen LogP contribution is -1.94. The lowest BCUT2D eigenvalue weighted by atomic mass is 10.1. The highest BCUT2D eigenvalue weighted by Crippen LogP contribution is 2.30. The molecule has 2 rings (SSSR count). The van der Waals surface area contributed by atoms with Gasteiger partial charge in [0.25, 0.3) is 0 Å². The molecule has 0 saturated heterocycles. The van der Waals surface area contributed by atoms with Gasteiger partial charge in [0, 0.05) is 17.3 Å². The Kier molecular flexibility index (Phi) is 3.76. The Balaban J connectivity index is 2.26. The van der Waals surface area contributed by atoms with E-state index in [1.807, 2.05) is 31.2 Å². The van der Waals surface area contributed by atoms with Crippen LogP contribution in [0.4, 0.5) is 0 Å². The van der Waals surface area contributed by atoms with E-state index in [4.69, 9.17) is 0 Å². The first-order valence-electron chi connectivity index (χ1n) is 5.40. The molecule has 0 saturated carbocycles. The molecule has 0 amide bonds. The van der Waals surface area contributed by atoms with Crippen LogP contribution in [0.1, 0.15) is 24.2 Å². The van der Waals surface area contributed by atoms with Gasteiger partial charge < -0.3 is 5.11 Å². The van der Waals surface area contributed by atoms with E-state index >= 15 is 0 Å². The molecule has 4 heteroatoms. The molecule has 1 N–H and O–H groups in total. The van der Waals surface area contributed by atoms with Crippen molar-refractivity contribution in [2.45, 2.75) is 30.0 Å². The Morgan fingerprint density at radius 1 is 1.18 bits per heavy atom. The van der Waals surface area contributed by atoms with Crippen molar-refractivity contribution in [2.24, 2.45) is 0 Å². The van der Waals surface area contributed by atoms with E-state index in [9.17, 15) is 5.11 Å². The van der Waals surface area contributed by atoms with Crippen LogP contribution in [-0.4, -0.2) is 15.1 Å². The fourth-order valence-corrected chi connectivity index (χ4v) is 2.36. The number of aliphatic hydroxyl groups is 1. The molecular formula is C13H14N2OS. The second kappa shape index (κ2) is 5.29. The molecule has 2 aromatic rings. The zero-order chi connectivity index (χ0) is 12.3. The van der Waals surface area contributed by atoms with E-state index in [0.717, 1.165) is 16.0 Å². The summed E-state index contributed by atoms with van der Waals surface area (Å²) in [5, 5.41) is 10.4. The minimum Gasteiger partial charge on any atom is -0.389 e. The summed E-state index contributed by atoms with van der Waals surface area (Å²) >= 11 is 1.47. The van der Waals surface area contributed by atoms with Crippen LogP contribution < -0.4 is 0 Å². The minimum atomic E-state index is -0.482. The molecule has 1 aromatic heterocycles. The van der Waals surface area contributed by atoms with Gasteiger partial charge in [-0.25, -0.2) is 9.97 Å². The summed E-state index contributed by atoms with van der Waals surface area (Å²) in [6, 6.07) is 7.75. The lowest BCUT2D eigenvalue weighted by molar-refractivity contribution is 0.196. The summed E-state index contributed by atoms with van der Waals surface area (Å²) < 4.78 is 0. The fourth-order valence-electron chi connectivity index (χ4n) is 1.45. The minimum absolute atomic E-state index is 0.482. The standard InChI is InChI=1S/C13H14N2OS/c1-9-7-14-13(15-8-9)17-12-6-4-3-5-11(12)10(2)16/h3-8,10,16H,1-2H3/t10-/m0/s1. The summed E-state index contributed by atoms with van der Waals surface area (Å²) in [5.41, 5.74) is 1.94. The Hall–Kier alpha value is -1.39. The third-order valence-corrected chi connectivity index (χ3v) is 3.31. The topological polar surface area (TPSA) is 46.0 Å². The van der Waals surface area contributed by atoms with Crippen molar-refractivity contribution in [1.82, 2.24) is 9.97 Å². The van der Waals surface area contributed by atoms with E-state index in [1.165, 1.54) is 11.8 Å². The van der Waals surface area contributed by atoms with E-state index in [1.54, 1.807) is 19.3 Å². The van der Waals surface area contributed by atoms with Crippen LogP contribution >= 0.6 is 11.8 Å². The maximum absolute atomic E-state index is 9.67. The molecule has 17 heavy (non-hydrogen) atoms. The zero-order valence-electron chi connectivity index (χ0n) is 9.79. The summed E-state index contributed by atoms with van der Waals surface area (Å²) in [6.07, 6.45) is 3.10. The average Bonchev–Trinajstić information content (AvgIpc) is 2.32. The van der Waals surface area contributed by atoms with Crippen LogP contribution in [-0.2, 0) is 0 Å². The predicted molar refractivity (Wildman–Crippen MR) is 68.0 cm³/mol. The Bertz CT molecular complexity index is 497. The highest BCUT2D eigenvalue weighted by Gasteiger charge is 2.09. The maximum atomic E-state index is 9.67. The molecule has 1 aromatic carbocycles. The van der Waals surface area contributed by atoms with Gasteiger partial charge in [0.2, 0.25) is 0 Å². The van der Waals surface area contributed by atoms with Gasteiger partial charge in [-0.3, -0.25) is 0 Å². The van der Waals surface area contributed by atoms with E-state index in [0.29, 0.717) is 5.16 Å². The Morgan fingerprint density at radius 2 is 1.82 bits per heavy atom. The first-order valence-corrected chi connectivity index (χ1v) is 6.22. The second-order valence-corrected chi connectivity index (χ2v) is 4.87. The Labute approximate surface area is 105 Å². The maximum Gasteiger partial charge on any atom is 0.192 e. The van der Waals surface area contributed by atoms with Crippen LogP contribution in [0.25, 0.3) is 0 Å². The largest absolute Gasteiger partial charge is 0.389 e. The van der Waals surface area contributed by atoms with Gasteiger partial charge in [-0.1, -0.05) is 18.2 Å². The van der Waals surface area contributed by atoms with Crippen molar-refractivity contribution in [1.29, 1.82) is 0 Å². The molecule has 1 atom stereocenters. The van der Waals surface area contributed by atoms with Crippen molar-refractivity contribution in [2.75, 3.05) is 0 Å². The molecule has 0 unspecified atom stereocenters. The number of rotatable bonds is 3. The van der Waals surface area contributed by atoms with Gasteiger partial charge in [0.15, 0.2) is 5.16 Å². The molecule has 0 spiro atoms. The van der Waals surface area contributed by atoms with Crippen LogP contribution in [0.2, 0.25) is 0 Å². The first-order chi connectivity index (χ1) is 8.16. The van der Waals surface area contributed by atoms with Crippen molar-refractivity contribution in [3.8, 4) is 0 Å². The summed E-state index contributed by atoms with van der Waals surface area (Å²) in [5.74, 6) is 0. The van der Waals surface area contributed by atoms with E-state index < -0.39 is 6.10 Å². The van der Waals surface area contributed by atoms with Gasteiger partial charge in [-0.15, -0.1) is 0 Å². The van der Waals surface area contributed by atoms with Gasteiger partial charge in [0.05, 0.1) is 6.10 Å². The van der Waals surface area contributed by atoms with Gasteiger partial charge in [-0.2, -0.15) is 0 Å². The highest BCUT2D eigenvalue weighted by atomic mass is 32.2. The fraction of sp³-hybridized carbons (Fsp3) is 0.231. The molecule has 0 aliphatic rings. The van der Waals surface area contributed by atoms with Crippen LogP contribution in [0.15, 0.2) is 46.7 Å². The van der Waals surface area contributed by atoms with Crippen molar-refractivity contribution < 1.29 is 5.11 Å². The monoisotopic (exact) mass is 246 g/mol. The molecule has 3 nitrogen and oxygen atoms in total. The number of nitrogens with zero attached hydrogens (tertiary/aromatic N) is 2. The zero-order valence-corrected chi connectivity index (χ0v) is 10.6. The van der Waals surface area contributed by atoms with E-state index in [-0.39, 0.29) is 0 Å². The van der Waals surface area contributed by atoms with E-state index in [2.05, 4.69) is 9.97 Å². The second-order valence-electron chi connectivity index (χ2n) is 3.86. The Morgan fingerprint density at radius 3 is 2.47 bits per heavy atom. The first kappa shape index (κ1) is 12.1. The predicted octanol–water partition coefficient (Wildman–Crippen LogP) is 2.99. The lowest BCUT2D eigenvalue weighted by Gasteiger charge is -2.10.